The fourth-order valence-corrected chi connectivity index (χ4v) is 3.32. The minimum Gasteiger partial charge on any atom is -0.311 e. The molecule has 2 aromatic rings. The van der Waals surface area contributed by atoms with Crippen molar-refractivity contribution >= 4 is 23.4 Å². The molecule has 0 radical (unpaired) electrons. The molecular formula is C16H17N3OS. The van der Waals surface area contributed by atoms with Gasteiger partial charge in [-0.25, -0.2) is 9.97 Å². The van der Waals surface area contributed by atoms with Gasteiger partial charge in [0.05, 0.1) is 5.25 Å². The fourth-order valence-electron chi connectivity index (χ4n) is 2.54. The van der Waals surface area contributed by atoms with Crippen LogP contribution in [0.1, 0.15) is 18.9 Å². The van der Waals surface area contributed by atoms with Crippen LogP contribution >= 0.6 is 11.8 Å². The molecule has 5 heteroatoms. The average molecular weight is 299 g/mol. The molecule has 1 aromatic heterocycles. The molecule has 4 nitrogen and oxygen atoms in total. The summed E-state index contributed by atoms with van der Waals surface area (Å²) in [6.07, 6.45) is 5.46. The standard InChI is InChI=1S/C16H17N3OS/c1-12(21-16-17-9-5-10-18-16)15(20)19-11-4-7-13-6-2-3-8-14(13)19/h2-3,5-6,8-10,12H,4,7,11H2,1H3. The van der Waals surface area contributed by atoms with Crippen LogP contribution in [0.2, 0.25) is 0 Å². The summed E-state index contributed by atoms with van der Waals surface area (Å²) in [6.45, 7) is 2.71. The summed E-state index contributed by atoms with van der Waals surface area (Å²) in [4.78, 5) is 23.0. The number of amides is 1. The number of hydrogen-bond acceptors (Lipinski definition) is 4. The molecular weight excluding hydrogens is 282 g/mol. The summed E-state index contributed by atoms with van der Waals surface area (Å²) in [7, 11) is 0. The zero-order valence-corrected chi connectivity index (χ0v) is 12.7. The zero-order chi connectivity index (χ0) is 14.7. The number of para-hydroxylation sites is 1. The molecule has 1 aromatic carbocycles. The second kappa shape index (κ2) is 6.26. The first-order valence-corrected chi connectivity index (χ1v) is 7.96. The first-order valence-electron chi connectivity index (χ1n) is 7.08. The second-order valence-corrected chi connectivity index (χ2v) is 6.32. The third-order valence-electron chi connectivity index (χ3n) is 3.55. The van der Waals surface area contributed by atoms with Crippen LogP contribution in [0, 0.1) is 0 Å². The van der Waals surface area contributed by atoms with Crippen LogP contribution in [0.4, 0.5) is 5.69 Å². The van der Waals surface area contributed by atoms with Crippen LogP contribution in [-0.4, -0.2) is 27.7 Å². The third-order valence-corrected chi connectivity index (χ3v) is 4.53. The number of carbonyl (C=O) groups excluding carboxylic acids is 1. The molecule has 0 spiro atoms. The first-order chi connectivity index (χ1) is 10.3. The van der Waals surface area contributed by atoms with Gasteiger partial charge in [0.1, 0.15) is 0 Å². The lowest BCUT2D eigenvalue weighted by atomic mass is 10.0. The van der Waals surface area contributed by atoms with Gasteiger partial charge in [-0.15, -0.1) is 0 Å². The van der Waals surface area contributed by atoms with Crippen molar-refractivity contribution in [2.45, 2.75) is 30.2 Å². The van der Waals surface area contributed by atoms with Crippen molar-refractivity contribution in [1.82, 2.24) is 9.97 Å². The van der Waals surface area contributed by atoms with Gasteiger partial charge in [0.25, 0.3) is 0 Å². The molecule has 21 heavy (non-hydrogen) atoms. The van der Waals surface area contributed by atoms with E-state index in [9.17, 15) is 4.79 Å². The average Bonchev–Trinajstić information content (AvgIpc) is 2.54. The number of hydrogen-bond donors (Lipinski definition) is 0. The van der Waals surface area contributed by atoms with Gasteiger partial charge < -0.3 is 4.90 Å². The zero-order valence-electron chi connectivity index (χ0n) is 11.9. The van der Waals surface area contributed by atoms with Gasteiger partial charge in [-0.1, -0.05) is 30.0 Å². The lowest BCUT2D eigenvalue weighted by Gasteiger charge is -2.31. The Kier molecular flexibility index (Phi) is 4.20. The third kappa shape index (κ3) is 3.08. The summed E-state index contributed by atoms with van der Waals surface area (Å²) in [5, 5.41) is 0.446. The van der Waals surface area contributed by atoms with Crippen molar-refractivity contribution in [3.8, 4) is 0 Å². The van der Waals surface area contributed by atoms with E-state index in [-0.39, 0.29) is 11.2 Å². The molecule has 0 saturated heterocycles. The van der Waals surface area contributed by atoms with Crippen LogP contribution in [-0.2, 0) is 11.2 Å². The highest BCUT2D eigenvalue weighted by Crippen LogP contribution is 2.29. The molecule has 0 saturated carbocycles. The Labute approximate surface area is 128 Å². The van der Waals surface area contributed by atoms with Crippen molar-refractivity contribution in [1.29, 1.82) is 0 Å². The Balaban J connectivity index is 1.77. The molecule has 1 aliphatic heterocycles. The molecule has 0 N–H and O–H groups in total. The van der Waals surface area contributed by atoms with E-state index in [4.69, 9.17) is 0 Å². The number of benzene rings is 1. The number of aryl methyl sites for hydroxylation is 1. The van der Waals surface area contributed by atoms with E-state index in [0.717, 1.165) is 25.1 Å². The van der Waals surface area contributed by atoms with Gasteiger partial charge in [-0.3, -0.25) is 4.79 Å². The van der Waals surface area contributed by atoms with Crippen molar-refractivity contribution < 1.29 is 4.79 Å². The number of fused-ring (bicyclic) bond motifs is 1. The van der Waals surface area contributed by atoms with E-state index in [0.29, 0.717) is 5.16 Å². The van der Waals surface area contributed by atoms with E-state index < -0.39 is 0 Å². The second-order valence-electron chi connectivity index (χ2n) is 5.01. The summed E-state index contributed by atoms with van der Waals surface area (Å²) in [5.41, 5.74) is 2.31. The van der Waals surface area contributed by atoms with Crippen LogP contribution < -0.4 is 4.90 Å². The largest absolute Gasteiger partial charge is 0.311 e. The number of rotatable bonds is 3. The molecule has 1 aliphatic rings. The lowest BCUT2D eigenvalue weighted by Crippen LogP contribution is -2.40. The van der Waals surface area contributed by atoms with Crippen LogP contribution in [0.3, 0.4) is 0 Å². The summed E-state index contributed by atoms with van der Waals surface area (Å²) < 4.78 is 0. The van der Waals surface area contributed by atoms with E-state index in [2.05, 4.69) is 16.0 Å². The first kappa shape index (κ1) is 14.1. The van der Waals surface area contributed by atoms with Gasteiger partial charge in [-0.2, -0.15) is 0 Å². The molecule has 2 heterocycles. The highest BCUT2D eigenvalue weighted by molar-refractivity contribution is 8.00. The number of aromatic nitrogens is 2. The number of nitrogens with zero attached hydrogens (tertiary/aromatic N) is 3. The van der Waals surface area contributed by atoms with E-state index in [1.807, 2.05) is 30.0 Å². The van der Waals surface area contributed by atoms with Crippen molar-refractivity contribution in [3.05, 3.63) is 48.3 Å². The smallest absolute Gasteiger partial charge is 0.240 e. The van der Waals surface area contributed by atoms with Crippen LogP contribution in [0.25, 0.3) is 0 Å². The van der Waals surface area contributed by atoms with Gasteiger partial charge in [-0.05, 0) is 37.5 Å². The quantitative estimate of drug-likeness (QED) is 0.646. The topological polar surface area (TPSA) is 46.1 Å². The Hall–Kier alpha value is -1.88. The lowest BCUT2D eigenvalue weighted by molar-refractivity contribution is -0.117. The number of thioether (sulfide) groups is 1. The molecule has 108 valence electrons. The van der Waals surface area contributed by atoms with Gasteiger partial charge in [0.15, 0.2) is 5.16 Å². The van der Waals surface area contributed by atoms with Gasteiger partial charge in [0.2, 0.25) is 5.91 Å². The van der Waals surface area contributed by atoms with Crippen molar-refractivity contribution in [2.75, 3.05) is 11.4 Å². The van der Waals surface area contributed by atoms with E-state index in [1.54, 1.807) is 18.5 Å². The molecule has 0 fully saturated rings. The van der Waals surface area contributed by atoms with Gasteiger partial charge >= 0.3 is 0 Å². The predicted molar refractivity (Wildman–Crippen MR) is 84.5 cm³/mol. The maximum absolute atomic E-state index is 12.7. The Bertz CT molecular complexity index is 632. The monoisotopic (exact) mass is 299 g/mol. The highest BCUT2D eigenvalue weighted by atomic mass is 32.2. The normalized spacial score (nSPS) is 15.4. The molecule has 1 atom stereocenters. The number of anilines is 1. The minimum atomic E-state index is -0.196. The summed E-state index contributed by atoms with van der Waals surface area (Å²) >= 11 is 1.41. The Morgan fingerprint density at radius 2 is 2.00 bits per heavy atom. The Morgan fingerprint density at radius 1 is 1.24 bits per heavy atom. The van der Waals surface area contributed by atoms with E-state index in [1.165, 1.54) is 17.3 Å². The maximum Gasteiger partial charge on any atom is 0.240 e. The molecule has 0 aliphatic carbocycles. The predicted octanol–water partition coefficient (Wildman–Crippen LogP) is 2.94. The fraction of sp³-hybridized carbons (Fsp3) is 0.312. The van der Waals surface area contributed by atoms with Crippen molar-refractivity contribution in [3.63, 3.8) is 0 Å². The summed E-state index contributed by atoms with van der Waals surface area (Å²) in [5.74, 6) is 0.125. The maximum atomic E-state index is 12.7. The van der Waals surface area contributed by atoms with Gasteiger partial charge in [0, 0.05) is 24.6 Å². The molecule has 0 bridgehead atoms. The molecule has 3 rings (SSSR count). The van der Waals surface area contributed by atoms with Crippen LogP contribution in [0.5, 0.6) is 0 Å². The minimum absolute atomic E-state index is 0.125. The Morgan fingerprint density at radius 3 is 2.81 bits per heavy atom. The summed E-state index contributed by atoms with van der Waals surface area (Å²) in [6, 6.07) is 9.93. The SMILES string of the molecule is CC(Sc1ncccn1)C(=O)N1CCCc2ccccc21. The number of carbonyl (C=O) groups is 1. The van der Waals surface area contributed by atoms with E-state index >= 15 is 0 Å². The van der Waals surface area contributed by atoms with Crippen LogP contribution in [0.15, 0.2) is 47.9 Å². The molecule has 1 unspecified atom stereocenters. The highest BCUT2D eigenvalue weighted by Gasteiger charge is 2.27. The van der Waals surface area contributed by atoms with Crippen molar-refractivity contribution in [2.24, 2.45) is 0 Å². The molecule has 1 amide bonds.